The van der Waals surface area contributed by atoms with Gasteiger partial charge in [-0.1, -0.05) is 0 Å². The molecule has 0 aromatic heterocycles. The first-order chi connectivity index (χ1) is 45.3. The van der Waals surface area contributed by atoms with Crippen LogP contribution in [0.15, 0.2) is 0 Å². The summed E-state index contributed by atoms with van der Waals surface area (Å²) in [5.41, 5.74) is 0. The third kappa shape index (κ3) is 17.0. The molecular formula is C54H91N3O39. The van der Waals surface area contributed by atoms with Gasteiger partial charge in [0.1, 0.15) is 183 Å². The van der Waals surface area contributed by atoms with Gasteiger partial charge in [0.2, 0.25) is 17.7 Å². The second-order valence-electron chi connectivity index (χ2n) is 24.6. The number of aliphatic hydroxyl groups is 21. The van der Waals surface area contributed by atoms with Crippen LogP contribution >= 0.6 is 0 Å². The minimum absolute atomic E-state index is 0.764. The van der Waals surface area contributed by atoms with E-state index in [0.717, 1.165) is 20.8 Å². The van der Waals surface area contributed by atoms with E-state index in [4.69, 9.17) is 71.1 Å². The lowest BCUT2D eigenvalue weighted by molar-refractivity contribution is -0.399. The molecule has 3 amide bonds. The molecule has 556 valence electrons. The van der Waals surface area contributed by atoms with Crippen molar-refractivity contribution in [3.8, 4) is 0 Å². The van der Waals surface area contributed by atoms with Crippen LogP contribution in [0, 0.1) is 0 Å². The molecule has 96 heavy (non-hydrogen) atoms. The van der Waals surface area contributed by atoms with E-state index in [1.54, 1.807) is 0 Å². The molecule has 0 radical (unpaired) electrons. The minimum Gasteiger partial charge on any atom is -0.394 e. The summed E-state index contributed by atoms with van der Waals surface area (Å²) < 4.78 is 87.8. The summed E-state index contributed by atoms with van der Waals surface area (Å²) in [6.07, 6.45) is -71.0. The average Bonchev–Trinajstić information content (AvgIpc) is 0.778. The highest BCUT2D eigenvalue weighted by Crippen LogP contribution is 2.39. The fourth-order valence-electron chi connectivity index (χ4n) is 12.5. The van der Waals surface area contributed by atoms with Crippen LogP contribution in [0.1, 0.15) is 34.6 Å². The molecule has 0 spiro atoms. The molecule has 0 aliphatic carbocycles. The van der Waals surface area contributed by atoms with E-state index >= 15 is 0 Å². The molecule has 8 aliphatic rings. The maximum absolute atomic E-state index is 12.9. The monoisotopic (exact) mass is 1410 g/mol. The number of nitrogens with one attached hydrogen (secondary N) is 3. The summed E-state index contributed by atoms with van der Waals surface area (Å²) in [6, 6.07) is -5.41. The zero-order chi connectivity index (χ0) is 70.8. The van der Waals surface area contributed by atoms with E-state index in [1.165, 1.54) is 13.8 Å². The Balaban J connectivity index is 1.02. The van der Waals surface area contributed by atoms with Crippen LogP contribution < -0.4 is 16.0 Å². The molecule has 8 rings (SSSR count). The van der Waals surface area contributed by atoms with Crippen molar-refractivity contribution < 1.29 is 193 Å². The van der Waals surface area contributed by atoms with Gasteiger partial charge in [0.25, 0.3) is 0 Å². The molecule has 8 heterocycles. The van der Waals surface area contributed by atoms with Gasteiger partial charge in [0.15, 0.2) is 50.3 Å². The van der Waals surface area contributed by atoms with Crippen molar-refractivity contribution in [1.29, 1.82) is 0 Å². The summed E-state index contributed by atoms with van der Waals surface area (Å²) in [5, 5.41) is 238. The number of carbonyl (C=O) groups excluding carboxylic acids is 3. The highest BCUT2D eigenvalue weighted by atomic mass is 16.8. The summed E-state index contributed by atoms with van der Waals surface area (Å²) in [4.78, 5) is 38.0. The standard InChI is InChI=1S/C54H91N3O39/c1-12-26(66)34(74)38(78)50(83-12)82-11-22-43(31(71)23(47(81)85-22)55-14(3)63)91-48-24(56-15(4)64)32(72)41(20(9-61)89-48)92-52-40(80)44(30(70)19(8-60)86-52)94-54-45(36(76)28(68)18(7-59)88-54)95-49-25(57-16(5)65)33(73)42(21(10-62)90-49)93-53-46(37(77)29(69)17(6-58)87-53)96-51-39(79)35(75)27(67)13(2)84-51/h12-13,17-54,58-62,66-81H,6-11H2,1-5H3,(H,55,63)(H,56,64)(H,57,65)/t12-,13-,17+,18+,19+,20+,21+,22+,23+,24+,25+,26+,27+,28+,29-,30+,31+,32+,33+,34+,35+,36-,37-,38-,39-,40-,41+,42+,43+,44-,45-,46+,47?,48-,49-,50+,51-,52-,53-,54+/m0/s1. The second-order valence-corrected chi connectivity index (χ2v) is 24.6. The van der Waals surface area contributed by atoms with E-state index in [-0.39, 0.29) is 0 Å². The maximum atomic E-state index is 12.9. The first-order valence-electron chi connectivity index (χ1n) is 30.8. The number of rotatable bonds is 23. The van der Waals surface area contributed by atoms with Crippen LogP contribution in [0.4, 0.5) is 0 Å². The highest BCUT2D eigenvalue weighted by molar-refractivity contribution is 5.74. The number of hydrogen-bond donors (Lipinski definition) is 24. The van der Waals surface area contributed by atoms with E-state index < -0.39 is 303 Å². The number of ether oxygens (including phenoxy) is 15. The van der Waals surface area contributed by atoms with Crippen LogP contribution in [0.3, 0.4) is 0 Å². The van der Waals surface area contributed by atoms with Crippen molar-refractivity contribution in [2.45, 2.75) is 280 Å². The third-order valence-electron chi connectivity index (χ3n) is 17.8. The fraction of sp³-hybridized carbons (Fsp3) is 0.944. The van der Waals surface area contributed by atoms with Crippen molar-refractivity contribution in [3.63, 3.8) is 0 Å². The Kier molecular flexibility index (Phi) is 27.7. The summed E-state index contributed by atoms with van der Waals surface area (Å²) in [5.74, 6) is -2.59. The molecule has 42 heteroatoms. The Labute approximate surface area is 545 Å². The predicted octanol–water partition coefficient (Wildman–Crippen LogP) is -16.0. The van der Waals surface area contributed by atoms with Crippen LogP contribution in [0.25, 0.3) is 0 Å². The van der Waals surface area contributed by atoms with Crippen molar-refractivity contribution in [2.24, 2.45) is 0 Å². The Morgan fingerprint density at radius 3 is 1.06 bits per heavy atom. The zero-order valence-electron chi connectivity index (χ0n) is 52.1. The third-order valence-corrected chi connectivity index (χ3v) is 17.8. The topological polar surface area (TPSA) is 651 Å². The second kappa shape index (κ2) is 33.8. The lowest BCUT2D eigenvalue weighted by Gasteiger charge is -2.51. The van der Waals surface area contributed by atoms with E-state index in [9.17, 15) is 122 Å². The quantitative estimate of drug-likeness (QED) is 0.0452. The molecule has 0 aromatic rings. The predicted molar refractivity (Wildman–Crippen MR) is 296 cm³/mol. The molecule has 0 aromatic carbocycles. The first kappa shape index (κ1) is 78.7. The highest BCUT2D eigenvalue weighted by Gasteiger charge is 2.60. The van der Waals surface area contributed by atoms with Crippen LogP contribution in [0.5, 0.6) is 0 Å². The van der Waals surface area contributed by atoms with Crippen molar-refractivity contribution in [3.05, 3.63) is 0 Å². The van der Waals surface area contributed by atoms with Crippen LogP contribution in [0.2, 0.25) is 0 Å². The lowest BCUT2D eigenvalue weighted by Crippen LogP contribution is -2.71. The van der Waals surface area contributed by atoms with Crippen molar-refractivity contribution in [1.82, 2.24) is 16.0 Å². The van der Waals surface area contributed by atoms with E-state index in [1.807, 2.05) is 0 Å². The Morgan fingerprint density at radius 2 is 0.615 bits per heavy atom. The summed E-state index contributed by atoms with van der Waals surface area (Å²) >= 11 is 0. The molecule has 8 fully saturated rings. The number of carbonyl (C=O) groups is 3. The van der Waals surface area contributed by atoms with Crippen LogP contribution in [-0.2, 0) is 85.4 Å². The largest absolute Gasteiger partial charge is 0.394 e. The number of aliphatic hydroxyl groups excluding tert-OH is 21. The smallest absolute Gasteiger partial charge is 0.217 e. The van der Waals surface area contributed by atoms with Gasteiger partial charge in [-0.25, -0.2) is 0 Å². The molecular weight excluding hydrogens is 1310 g/mol. The Bertz CT molecular complexity index is 2480. The normalized spacial score (nSPS) is 50.3. The molecule has 42 nitrogen and oxygen atoms in total. The summed E-state index contributed by atoms with van der Waals surface area (Å²) in [7, 11) is 0. The molecule has 8 saturated heterocycles. The van der Waals surface area contributed by atoms with E-state index in [2.05, 4.69) is 16.0 Å². The number of hydrogen-bond acceptors (Lipinski definition) is 39. The Morgan fingerprint density at radius 1 is 0.292 bits per heavy atom. The van der Waals surface area contributed by atoms with Gasteiger partial charge in [-0.3, -0.25) is 14.4 Å². The molecule has 1 unspecified atom stereocenters. The first-order valence-corrected chi connectivity index (χ1v) is 30.8. The van der Waals surface area contributed by atoms with Gasteiger partial charge in [0.05, 0.1) is 51.8 Å². The number of amides is 3. The molecule has 8 aliphatic heterocycles. The van der Waals surface area contributed by atoms with Gasteiger partial charge in [-0.2, -0.15) is 0 Å². The van der Waals surface area contributed by atoms with Gasteiger partial charge in [-0.15, -0.1) is 0 Å². The van der Waals surface area contributed by atoms with Gasteiger partial charge in [0, 0.05) is 20.8 Å². The molecule has 0 saturated carbocycles. The van der Waals surface area contributed by atoms with Gasteiger partial charge < -0.3 is 194 Å². The lowest BCUT2D eigenvalue weighted by atomic mass is 9.93. The van der Waals surface area contributed by atoms with Crippen molar-refractivity contribution >= 4 is 17.7 Å². The van der Waals surface area contributed by atoms with E-state index in [0.29, 0.717) is 0 Å². The molecule has 24 N–H and O–H groups in total. The Hall–Kier alpha value is -3.03. The zero-order valence-corrected chi connectivity index (χ0v) is 52.1. The van der Waals surface area contributed by atoms with Crippen molar-refractivity contribution in [2.75, 3.05) is 39.6 Å². The van der Waals surface area contributed by atoms with Crippen LogP contribution in [-0.4, -0.2) is 410 Å². The maximum Gasteiger partial charge on any atom is 0.217 e. The molecule has 40 atom stereocenters. The summed E-state index contributed by atoms with van der Waals surface area (Å²) in [6.45, 7) is -0.536. The average molecular weight is 1410 g/mol. The fourth-order valence-corrected chi connectivity index (χ4v) is 12.5. The SMILES string of the molecule is CC(=O)N[C@H]1[C@H](O[C@H]2[C@H](O)[C@@H](NC(C)=O)C(O)O[C@@H]2CO[C@@H]2O[C@@H](C)[C@@H](O)[C@@H](O)[C@@H]2O)O[C@H](CO)[C@@H](O[C@@H]2O[C@H](CO)[C@@H](O)[C@H](O[C@H]3O[C@H](CO)[C@@H](O)[C@H](O)[C@@H]3O[C@@H]3O[C@H](CO)[C@@H](O[C@@H]4O[C@H](CO)[C@H](O)[C@H](O)[C@H]4O[C@@H]4O[C@@H](C)[C@@H](O)[C@@H](O)[C@@H]4O)[C@H](O)[C@H]3NC(C)=O)[C@@H]2O)[C@@H]1O. The molecule has 0 bridgehead atoms. The van der Waals surface area contributed by atoms with Gasteiger partial charge >= 0.3 is 0 Å². The minimum atomic E-state index is -2.36. The van der Waals surface area contributed by atoms with Gasteiger partial charge in [-0.05, 0) is 13.8 Å².